The molecule has 0 aliphatic rings. The molecule has 0 aliphatic carbocycles. The highest BCUT2D eigenvalue weighted by atomic mass is 32.2. The smallest absolute Gasteiger partial charge is 0.350 e. The summed E-state index contributed by atoms with van der Waals surface area (Å²) >= 11 is 0.915. The van der Waals surface area contributed by atoms with Crippen molar-refractivity contribution in [2.45, 2.75) is 109 Å². The Kier molecular flexibility index (Phi) is 15.3. The largest absolute Gasteiger partial charge is 0.459 e. The molecule has 0 radical (unpaired) electrons. The maximum Gasteiger partial charge on any atom is 0.350 e. The van der Waals surface area contributed by atoms with E-state index >= 15 is 0 Å². The van der Waals surface area contributed by atoms with Crippen molar-refractivity contribution in [2.24, 2.45) is 0 Å². The number of carbonyl (C=O) groups excluding carboxylic acids is 3. The molecular weight excluding hydrogens is 500 g/mol. The zero-order valence-electron chi connectivity index (χ0n) is 23.0. The molecule has 0 aliphatic heterocycles. The Labute approximate surface area is 232 Å². The van der Waals surface area contributed by atoms with Crippen molar-refractivity contribution in [1.29, 1.82) is 0 Å². The first-order chi connectivity index (χ1) is 18.4. The van der Waals surface area contributed by atoms with E-state index in [4.69, 9.17) is 13.7 Å². The summed E-state index contributed by atoms with van der Waals surface area (Å²) in [6.45, 7) is 6.21. The third-order valence-corrected chi connectivity index (χ3v) is 6.83. The van der Waals surface area contributed by atoms with E-state index in [2.05, 4.69) is 13.8 Å². The van der Waals surface area contributed by atoms with Gasteiger partial charge in [0.15, 0.2) is 0 Å². The first kappa shape index (κ1) is 31.4. The van der Waals surface area contributed by atoms with Crippen LogP contribution in [0.5, 0.6) is 5.75 Å². The molecule has 6 nitrogen and oxygen atoms in total. The fraction of sp³-hybridized carbons (Fsp3) is 0.516. The van der Waals surface area contributed by atoms with Crippen LogP contribution in [0.25, 0.3) is 0 Å². The molecule has 0 heterocycles. The maximum absolute atomic E-state index is 12.4. The third-order valence-electron chi connectivity index (χ3n) is 6.13. The van der Waals surface area contributed by atoms with E-state index in [0.29, 0.717) is 28.2 Å². The summed E-state index contributed by atoms with van der Waals surface area (Å²) in [5, 5.41) is 0. The van der Waals surface area contributed by atoms with Crippen LogP contribution in [0.4, 0.5) is 0 Å². The Hall–Kier alpha value is -2.80. The summed E-state index contributed by atoms with van der Waals surface area (Å²) in [5.74, 6) is -0.726. The van der Waals surface area contributed by atoms with Crippen LogP contribution in [-0.4, -0.2) is 24.0 Å². The molecule has 0 N–H and O–H groups in total. The number of esters is 2. The molecular formula is C31H42O6S. The second-order valence-corrected chi connectivity index (χ2v) is 10.4. The Morgan fingerprint density at radius 2 is 1.26 bits per heavy atom. The van der Waals surface area contributed by atoms with Crippen LogP contribution < -0.4 is 4.74 Å². The molecule has 208 valence electrons. The number of unbranched alkanes of at least 4 members (excludes halogenated alkanes) is 8. The van der Waals surface area contributed by atoms with Gasteiger partial charge in [-0.15, -0.1) is 0 Å². The van der Waals surface area contributed by atoms with Crippen molar-refractivity contribution in [3.05, 3.63) is 59.7 Å². The molecule has 1 unspecified atom stereocenters. The molecule has 38 heavy (non-hydrogen) atoms. The fourth-order valence-electron chi connectivity index (χ4n) is 3.83. The lowest BCUT2D eigenvalue weighted by Gasteiger charge is -2.12. The van der Waals surface area contributed by atoms with E-state index < -0.39 is 5.97 Å². The van der Waals surface area contributed by atoms with Crippen LogP contribution in [0.3, 0.4) is 0 Å². The van der Waals surface area contributed by atoms with Crippen molar-refractivity contribution in [3.8, 4) is 5.75 Å². The zero-order chi connectivity index (χ0) is 27.6. The maximum atomic E-state index is 12.4. The quantitative estimate of drug-likeness (QED) is 0.0806. The van der Waals surface area contributed by atoms with Crippen molar-refractivity contribution in [3.63, 3.8) is 0 Å². The summed E-state index contributed by atoms with van der Waals surface area (Å²) in [7, 11) is 0. The van der Waals surface area contributed by atoms with Gasteiger partial charge in [0.2, 0.25) is 0 Å². The van der Waals surface area contributed by atoms with Gasteiger partial charge in [-0.2, -0.15) is 0 Å². The van der Waals surface area contributed by atoms with Gasteiger partial charge in [0.05, 0.1) is 29.3 Å². The molecule has 7 heteroatoms. The Morgan fingerprint density at radius 1 is 0.711 bits per heavy atom. The molecule has 2 rings (SSSR count). The molecule has 0 amide bonds. The lowest BCUT2D eigenvalue weighted by Crippen LogP contribution is -2.14. The molecule has 0 saturated heterocycles. The SMILES string of the molecule is CCCCCCCCCCC(=O)Oc1ccc(C(=O)OSc2ccc(C(=O)OC(C)CCCC)cc2)cc1. The Morgan fingerprint density at radius 3 is 1.89 bits per heavy atom. The van der Waals surface area contributed by atoms with Crippen LogP contribution in [-0.2, 0) is 13.7 Å². The second-order valence-electron chi connectivity index (χ2n) is 9.56. The average molecular weight is 543 g/mol. The minimum Gasteiger partial charge on any atom is -0.459 e. The number of ether oxygens (including phenoxy) is 2. The summed E-state index contributed by atoms with van der Waals surface area (Å²) in [4.78, 5) is 37.4. The standard InChI is InChI=1S/C31H42O6S/c1-4-6-8-9-10-11-12-13-15-29(32)36-27-20-16-26(17-21-27)31(34)37-38-28-22-18-25(19-23-28)30(33)35-24(3)14-7-5-2/h16-24H,4-15H2,1-3H3. The molecule has 2 aromatic carbocycles. The number of hydrogen-bond donors (Lipinski definition) is 0. The van der Waals surface area contributed by atoms with Gasteiger partial charge in [0.1, 0.15) is 5.75 Å². The van der Waals surface area contributed by atoms with Gasteiger partial charge in [0, 0.05) is 11.3 Å². The highest BCUT2D eigenvalue weighted by Gasteiger charge is 2.13. The Bertz CT molecular complexity index is 971. The summed E-state index contributed by atoms with van der Waals surface area (Å²) in [6.07, 6.45) is 12.5. The van der Waals surface area contributed by atoms with Gasteiger partial charge in [-0.25, -0.2) is 9.59 Å². The van der Waals surface area contributed by atoms with Gasteiger partial charge in [-0.05, 0) is 68.3 Å². The molecule has 0 aromatic heterocycles. The highest BCUT2D eigenvalue weighted by molar-refractivity contribution is 7.95. The lowest BCUT2D eigenvalue weighted by molar-refractivity contribution is -0.134. The molecule has 0 saturated carbocycles. The predicted octanol–water partition coefficient (Wildman–Crippen LogP) is 8.72. The van der Waals surface area contributed by atoms with Gasteiger partial charge < -0.3 is 13.7 Å². The number of benzene rings is 2. The van der Waals surface area contributed by atoms with Crippen molar-refractivity contribution < 1.29 is 28.0 Å². The van der Waals surface area contributed by atoms with Gasteiger partial charge in [-0.3, -0.25) is 4.79 Å². The first-order valence-electron chi connectivity index (χ1n) is 13.9. The zero-order valence-corrected chi connectivity index (χ0v) is 23.9. The minimum absolute atomic E-state index is 0.123. The van der Waals surface area contributed by atoms with Crippen LogP contribution in [0.1, 0.15) is 119 Å². The van der Waals surface area contributed by atoms with E-state index in [1.165, 1.54) is 32.1 Å². The monoisotopic (exact) mass is 542 g/mol. The molecule has 0 spiro atoms. The number of rotatable bonds is 18. The molecule has 0 bridgehead atoms. The minimum atomic E-state index is -0.514. The first-order valence-corrected chi connectivity index (χ1v) is 14.7. The Balaban J connectivity index is 1.69. The van der Waals surface area contributed by atoms with Crippen LogP contribution >= 0.6 is 12.0 Å². The van der Waals surface area contributed by atoms with E-state index in [1.807, 2.05) is 6.92 Å². The number of carbonyl (C=O) groups is 3. The molecule has 2 aromatic rings. The summed E-state index contributed by atoms with van der Waals surface area (Å²) in [5.41, 5.74) is 0.804. The molecule has 1 atom stereocenters. The summed E-state index contributed by atoms with van der Waals surface area (Å²) in [6, 6.07) is 13.1. The highest BCUT2D eigenvalue weighted by Crippen LogP contribution is 2.23. The van der Waals surface area contributed by atoms with Crippen LogP contribution in [0, 0.1) is 0 Å². The van der Waals surface area contributed by atoms with Crippen molar-refractivity contribution >= 4 is 30.0 Å². The topological polar surface area (TPSA) is 78.9 Å². The molecule has 0 fully saturated rings. The van der Waals surface area contributed by atoms with Gasteiger partial charge in [-0.1, -0.05) is 71.6 Å². The normalized spacial score (nSPS) is 11.6. The van der Waals surface area contributed by atoms with E-state index in [-0.39, 0.29) is 18.0 Å². The lowest BCUT2D eigenvalue weighted by atomic mass is 10.1. The summed E-state index contributed by atoms with van der Waals surface area (Å²) < 4.78 is 16.1. The van der Waals surface area contributed by atoms with Gasteiger partial charge >= 0.3 is 17.9 Å². The average Bonchev–Trinajstić information content (AvgIpc) is 2.92. The predicted molar refractivity (Wildman–Crippen MR) is 151 cm³/mol. The second kappa shape index (κ2) is 18.5. The van der Waals surface area contributed by atoms with Crippen molar-refractivity contribution in [1.82, 2.24) is 0 Å². The van der Waals surface area contributed by atoms with Crippen LogP contribution in [0.15, 0.2) is 53.4 Å². The van der Waals surface area contributed by atoms with E-state index in [9.17, 15) is 14.4 Å². The fourth-order valence-corrected chi connectivity index (χ4v) is 4.34. The van der Waals surface area contributed by atoms with Crippen molar-refractivity contribution in [2.75, 3.05) is 0 Å². The number of hydrogen-bond acceptors (Lipinski definition) is 7. The van der Waals surface area contributed by atoms with E-state index in [0.717, 1.165) is 50.6 Å². The van der Waals surface area contributed by atoms with Gasteiger partial charge in [0.25, 0.3) is 0 Å². The van der Waals surface area contributed by atoms with Crippen LogP contribution in [0.2, 0.25) is 0 Å². The van der Waals surface area contributed by atoms with E-state index in [1.54, 1.807) is 48.5 Å². The third kappa shape index (κ3) is 12.6.